The van der Waals surface area contributed by atoms with Gasteiger partial charge in [-0.05, 0) is 62.1 Å². The molecule has 2 N–H and O–H groups in total. The summed E-state index contributed by atoms with van der Waals surface area (Å²) in [5.41, 5.74) is 0.207. The number of hydrogen-bond donors (Lipinski definition) is 2. The predicted octanol–water partition coefficient (Wildman–Crippen LogP) is 3.13. The van der Waals surface area contributed by atoms with Crippen molar-refractivity contribution in [2.45, 2.75) is 38.3 Å². The van der Waals surface area contributed by atoms with Crippen molar-refractivity contribution in [1.29, 1.82) is 0 Å². The van der Waals surface area contributed by atoms with Crippen LogP contribution in [-0.4, -0.2) is 34.8 Å². The summed E-state index contributed by atoms with van der Waals surface area (Å²) in [5, 5.41) is 9.76. The Kier molecular flexibility index (Phi) is 4.60. The summed E-state index contributed by atoms with van der Waals surface area (Å²) in [4.78, 5) is 28.8. The van der Waals surface area contributed by atoms with E-state index in [9.17, 15) is 19.1 Å². The third kappa shape index (κ3) is 3.19. The van der Waals surface area contributed by atoms with E-state index in [0.717, 1.165) is 19.3 Å². The first-order valence-corrected chi connectivity index (χ1v) is 9.51. The topological polar surface area (TPSA) is 74.6 Å². The summed E-state index contributed by atoms with van der Waals surface area (Å²) in [6.45, 7) is 3.37. The van der Waals surface area contributed by atoms with Crippen LogP contribution < -0.4 is 15.3 Å². The Morgan fingerprint density at radius 2 is 2.07 bits per heavy atom. The van der Waals surface area contributed by atoms with Crippen molar-refractivity contribution in [3.63, 3.8) is 0 Å². The molecule has 0 bridgehead atoms. The standard InChI is InChI=1S/C19H21ClFN3O3/c1-10(22-20)11-4-5-23(9-11)17-8-16-12(7-15(17)21)6-14(19(26)27)18(25)24(16)13-2-3-13/h6-8,10-11,13,22H,2-5,9H2,1H3,(H,26,27)/t10-,11+/m0/s1. The number of benzene rings is 1. The van der Waals surface area contributed by atoms with Crippen molar-refractivity contribution in [3.05, 3.63) is 39.9 Å². The monoisotopic (exact) mass is 393 g/mol. The molecule has 6 nitrogen and oxygen atoms in total. The van der Waals surface area contributed by atoms with Crippen LogP contribution in [0.25, 0.3) is 10.9 Å². The van der Waals surface area contributed by atoms with E-state index in [1.807, 2.05) is 11.8 Å². The van der Waals surface area contributed by atoms with E-state index >= 15 is 0 Å². The summed E-state index contributed by atoms with van der Waals surface area (Å²) in [7, 11) is 0. The molecule has 2 heterocycles. The SMILES string of the molecule is C[C@H](NCl)[C@@H]1CCN(c2cc3c(cc2F)cc(C(=O)O)c(=O)n3C2CC2)C1. The quantitative estimate of drug-likeness (QED) is 0.763. The van der Waals surface area contributed by atoms with Gasteiger partial charge < -0.3 is 14.6 Å². The first-order chi connectivity index (χ1) is 12.9. The van der Waals surface area contributed by atoms with Gasteiger partial charge in [-0.3, -0.25) is 4.79 Å². The smallest absolute Gasteiger partial charge is 0.341 e. The van der Waals surface area contributed by atoms with Crippen LogP contribution in [-0.2, 0) is 0 Å². The first kappa shape index (κ1) is 18.3. The maximum Gasteiger partial charge on any atom is 0.341 e. The number of nitrogens with one attached hydrogen (secondary N) is 1. The van der Waals surface area contributed by atoms with Gasteiger partial charge in [0.25, 0.3) is 5.56 Å². The second kappa shape index (κ2) is 6.80. The Hall–Kier alpha value is -2.12. The lowest BCUT2D eigenvalue weighted by atomic mass is 10.0. The molecule has 2 aromatic rings. The average Bonchev–Trinajstić information content (AvgIpc) is 3.35. The molecule has 1 aliphatic carbocycles. The summed E-state index contributed by atoms with van der Waals surface area (Å²) in [6.07, 6.45) is 2.55. The van der Waals surface area contributed by atoms with Gasteiger partial charge in [-0.15, -0.1) is 0 Å². The minimum absolute atomic E-state index is 0.00981. The third-order valence-corrected chi connectivity index (χ3v) is 6.04. The van der Waals surface area contributed by atoms with E-state index in [0.29, 0.717) is 35.6 Å². The number of hydrogen-bond acceptors (Lipinski definition) is 4. The Labute approximate surface area is 160 Å². The molecule has 2 aliphatic rings. The maximum atomic E-state index is 14.8. The molecule has 2 atom stereocenters. The maximum absolute atomic E-state index is 14.8. The summed E-state index contributed by atoms with van der Waals surface area (Å²) < 4.78 is 16.4. The van der Waals surface area contributed by atoms with Gasteiger partial charge >= 0.3 is 5.97 Å². The van der Waals surface area contributed by atoms with Gasteiger partial charge in [-0.2, -0.15) is 0 Å². The van der Waals surface area contributed by atoms with Gasteiger partial charge in [0.15, 0.2) is 0 Å². The summed E-state index contributed by atoms with van der Waals surface area (Å²) in [5.74, 6) is -1.39. The number of halogens is 2. The van der Waals surface area contributed by atoms with Crippen LogP contribution in [0.4, 0.5) is 10.1 Å². The predicted molar refractivity (Wildman–Crippen MR) is 102 cm³/mol. The molecule has 2 fully saturated rings. The lowest BCUT2D eigenvalue weighted by Crippen LogP contribution is -2.30. The van der Waals surface area contributed by atoms with Crippen LogP contribution in [0.2, 0.25) is 0 Å². The molecule has 0 spiro atoms. The molecule has 1 saturated heterocycles. The zero-order chi connectivity index (χ0) is 19.3. The molecule has 1 aromatic carbocycles. The lowest BCUT2D eigenvalue weighted by molar-refractivity contribution is 0.0694. The van der Waals surface area contributed by atoms with Crippen LogP contribution >= 0.6 is 11.8 Å². The van der Waals surface area contributed by atoms with Gasteiger partial charge in [0.1, 0.15) is 11.4 Å². The number of fused-ring (bicyclic) bond motifs is 1. The number of carbonyl (C=O) groups is 1. The van der Waals surface area contributed by atoms with E-state index in [1.54, 1.807) is 6.07 Å². The molecule has 8 heteroatoms. The van der Waals surface area contributed by atoms with Crippen molar-refractivity contribution in [2.75, 3.05) is 18.0 Å². The number of aromatic carboxylic acids is 1. The fourth-order valence-corrected chi connectivity index (χ4v) is 4.12. The van der Waals surface area contributed by atoms with Crippen LogP contribution in [0.5, 0.6) is 0 Å². The third-order valence-electron chi connectivity index (χ3n) is 5.69. The zero-order valence-electron chi connectivity index (χ0n) is 14.9. The molecule has 1 saturated carbocycles. The van der Waals surface area contributed by atoms with Crippen molar-refractivity contribution < 1.29 is 14.3 Å². The minimum atomic E-state index is -1.29. The highest BCUT2D eigenvalue weighted by Crippen LogP contribution is 2.38. The van der Waals surface area contributed by atoms with E-state index in [-0.39, 0.29) is 17.6 Å². The highest BCUT2D eigenvalue weighted by atomic mass is 35.5. The molecule has 0 amide bonds. The fourth-order valence-electron chi connectivity index (χ4n) is 3.94. The zero-order valence-corrected chi connectivity index (χ0v) is 15.7. The fraction of sp³-hybridized carbons (Fsp3) is 0.474. The average molecular weight is 394 g/mol. The Morgan fingerprint density at radius 1 is 1.33 bits per heavy atom. The molecule has 1 aliphatic heterocycles. The van der Waals surface area contributed by atoms with E-state index in [1.165, 1.54) is 16.7 Å². The van der Waals surface area contributed by atoms with Crippen molar-refractivity contribution in [1.82, 2.24) is 9.40 Å². The van der Waals surface area contributed by atoms with Crippen LogP contribution in [0.3, 0.4) is 0 Å². The Morgan fingerprint density at radius 3 is 2.70 bits per heavy atom. The second-order valence-corrected chi connectivity index (χ2v) is 7.74. The molecule has 0 radical (unpaired) electrons. The van der Waals surface area contributed by atoms with Crippen LogP contribution in [0.1, 0.15) is 42.6 Å². The molecule has 0 unspecified atom stereocenters. The highest BCUT2D eigenvalue weighted by molar-refractivity contribution is 6.13. The highest BCUT2D eigenvalue weighted by Gasteiger charge is 2.31. The van der Waals surface area contributed by atoms with Crippen LogP contribution in [0, 0.1) is 11.7 Å². The summed E-state index contributed by atoms with van der Waals surface area (Å²) >= 11 is 5.73. The number of anilines is 1. The number of pyridine rings is 1. The Balaban J connectivity index is 1.81. The molecule has 27 heavy (non-hydrogen) atoms. The van der Waals surface area contributed by atoms with Gasteiger partial charge in [-0.1, -0.05) is 0 Å². The normalized spacial score (nSPS) is 21.0. The van der Waals surface area contributed by atoms with Crippen molar-refractivity contribution in [3.8, 4) is 0 Å². The van der Waals surface area contributed by atoms with E-state index < -0.39 is 17.3 Å². The molecular weight excluding hydrogens is 373 g/mol. The van der Waals surface area contributed by atoms with Gasteiger partial charge in [0, 0.05) is 30.6 Å². The molecule has 144 valence electrons. The number of rotatable bonds is 5. The minimum Gasteiger partial charge on any atom is -0.477 e. The lowest BCUT2D eigenvalue weighted by Gasteiger charge is -2.22. The van der Waals surface area contributed by atoms with Crippen molar-refractivity contribution >= 4 is 34.3 Å². The summed E-state index contributed by atoms with van der Waals surface area (Å²) in [6, 6.07) is 4.41. The first-order valence-electron chi connectivity index (χ1n) is 9.14. The molecular formula is C19H21ClFN3O3. The van der Waals surface area contributed by atoms with Gasteiger partial charge in [0.05, 0.1) is 11.2 Å². The number of nitrogens with zero attached hydrogens (tertiary/aromatic N) is 2. The Bertz CT molecular complexity index is 973. The molecule has 1 aromatic heterocycles. The van der Waals surface area contributed by atoms with Crippen LogP contribution in [0.15, 0.2) is 23.0 Å². The largest absolute Gasteiger partial charge is 0.477 e. The molecule has 4 rings (SSSR count). The second-order valence-electron chi connectivity index (χ2n) is 7.52. The number of carboxylic acid groups (broad SMARTS) is 1. The van der Waals surface area contributed by atoms with E-state index in [2.05, 4.69) is 4.84 Å². The number of aromatic nitrogens is 1. The van der Waals surface area contributed by atoms with Crippen molar-refractivity contribution in [2.24, 2.45) is 5.92 Å². The van der Waals surface area contributed by atoms with E-state index in [4.69, 9.17) is 11.8 Å². The van der Waals surface area contributed by atoms with Gasteiger partial charge in [0.2, 0.25) is 0 Å². The van der Waals surface area contributed by atoms with Gasteiger partial charge in [-0.25, -0.2) is 14.0 Å². The number of carboxylic acids is 1.